The fourth-order valence-electron chi connectivity index (χ4n) is 1.88. The van der Waals surface area contributed by atoms with Crippen LogP contribution in [0.5, 0.6) is 0 Å². The lowest BCUT2D eigenvalue weighted by Crippen LogP contribution is -2.31. The van der Waals surface area contributed by atoms with Crippen molar-refractivity contribution in [3.63, 3.8) is 0 Å². The lowest BCUT2D eigenvalue weighted by atomic mass is 10.2. The van der Waals surface area contributed by atoms with Crippen molar-refractivity contribution in [3.8, 4) is 0 Å². The van der Waals surface area contributed by atoms with Crippen molar-refractivity contribution in [2.24, 2.45) is 5.16 Å². The van der Waals surface area contributed by atoms with Crippen molar-refractivity contribution in [1.29, 1.82) is 0 Å². The third-order valence-corrected chi connectivity index (χ3v) is 2.78. The fraction of sp³-hybridized carbons (Fsp3) is 0.154. The zero-order valence-electron chi connectivity index (χ0n) is 10.1. The van der Waals surface area contributed by atoms with Crippen LogP contribution in [0.4, 0.5) is 10.5 Å². The molecule has 1 aliphatic heterocycles. The van der Waals surface area contributed by atoms with Gasteiger partial charge in [0.15, 0.2) is 0 Å². The summed E-state index contributed by atoms with van der Waals surface area (Å²) in [4.78, 5) is 24.9. The van der Waals surface area contributed by atoms with E-state index in [9.17, 15) is 9.59 Å². The molecule has 2 N–H and O–H groups in total. The minimum atomic E-state index is -0.552. The van der Waals surface area contributed by atoms with Gasteiger partial charge in [0.1, 0.15) is 6.04 Å². The van der Waals surface area contributed by atoms with Gasteiger partial charge >= 0.3 is 6.03 Å². The summed E-state index contributed by atoms with van der Waals surface area (Å²) in [5, 5.41) is 13.9. The van der Waals surface area contributed by atoms with Crippen molar-refractivity contribution >= 4 is 23.8 Å². The summed E-state index contributed by atoms with van der Waals surface area (Å²) < 4.78 is 0. The third kappa shape index (κ3) is 2.47. The van der Waals surface area contributed by atoms with Crippen LogP contribution in [0.2, 0.25) is 0 Å². The molecule has 0 aromatic heterocycles. The van der Waals surface area contributed by atoms with Crippen molar-refractivity contribution in [2.45, 2.75) is 12.5 Å². The van der Waals surface area contributed by atoms with Crippen LogP contribution in [0.3, 0.4) is 0 Å². The summed E-state index contributed by atoms with van der Waals surface area (Å²) >= 11 is 0. The minimum absolute atomic E-state index is 0.298. The molecule has 1 saturated heterocycles. The summed E-state index contributed by atoms with van der Waals surface area (Å²) in [6, 6.07) is 5.53. The van der Waals surface area contributed by atoms with Gasteiger partial charge < -0.3 is 10.5 Å². The average Bonchev–Trinajstić information content (AvgIpc) is 2.67. The predicted molar refractivity (Wildman–Crippen MR) is 70.4 cm³/mol. The number of benzene rings is 1. The first-order valence-corrected chi connectivity index (χ1v) is 5.70. The van der Waals surface area contributed by atoms with Crippen LogP contribution in [0, 0.1) is 0 Å². The molecule has 2 rings (SSSR count). The highest BCUT2D eigenvalue weighted by atomic mass is 16.4. The highest BCUT2D eigenvalue weighted by molar-refractivity contribution is 6.21. The van der Waals surface area contributed by atoms with Crippen molar-refractivity contribution in [3.05, 3.63) is 42.5 Å². The van der Waals surface area contributed by atoms with Gasteiger partial charge in [0, 0.05) is 0 Å². The van der Waals surface area contributed by atoms with Crippen molar-refractivity contribution in [1.82, 2.24) is 5.32 Å². The highest BCUT2D eigenvalue weighted by Gasteiger charge is 2.37. The van der Waals surface area contributed by atoms with Gasteiger partial charge in [0.05, 0.1) is 11.9 Å². The molecule has 1 aromatic carbocycles. The number of hydrogen-bond acceptors (Lipinski definition) is 4. The molecule has 0 bridgehead atoms. The number of nitrogens with zero attached hydrogens (tertiary/aromatic N) is 2. The Morgan fingerprint density at radius 3 is 2.63 bits per heavy atom. The number of amides is 3. The normalized spacial score (nSPS) is 18.9. The van der Waals surface area contributed by atoms with Crippen LogP contribution in [0.15, 0.2) is 42.1 Å². The molecule has 0 aliphatic carbocycles. The summed E-state index contributed by atoms with van der Waals surface area (Å²) in [5.41, 5.74) is 1.14. The van der Waals surface area contributed by atoms with E-state index in [1.807, 2.05) is 0 Å². The Labute approximate surface area is 110 Å². The topological polar surface area (TPSA) is 82.0 Å². The van der Waals surface area contributed by atoms with Crippen LogP contribution in [-0.2, 0) is 4.79 Å². The van der Waals surface area contributed by atoms with E-state index in [2.05, 4.69) is 17.1 Å². The van der Waals surface area contributed by atoms with Gasteiger partial charge in [-0.1, -0.05) is 23.4 Å². The van der Waals surface area contributed by atoms with E-state index in [1.54, 1.807) is 30.3 Å². The molecule has 19 heavy (non-hydrogen) atoms. The molecule has 1 atom stereocenters. The highest BCUT2D eigenvalue weighted by Crippen LogP contribution is 2.20. The monoisotopic (exact) mass is 259 g/mol. The van der Waals surface area contributed by atoms with Gasteiger partial charge in [-0.25, -0.2) is 9.69 Å². The van der Waals surface area contributed by atoms with E-state index < -0.39 is 12.1 Å². The standard InChI is InChI=1S/C13H13N3O3/c1-2-3-11-12(17)16(13(18)15-11)10-6-4-9(5-7-10)8-14-19/h2,4-8,11,19H,1,3H2,(H,15,18). The first kappa shape index (κ1) is 12.8. The Morgan fingerprint density at radius 1 is 1.37 bits per heavy atom. The number of nitrogens with one attached hydrogen (secondary N) is 1. The average molecular weight is 259 g/mol. The molecule has 1 aliphatic rings. The Kier molecular flexibility index (Phi) is 3.61. The molecule has 1 aromatic rings. The third-order valence-electron chi connectivity index (χ3n) is 2.78. The summed E-state index contributed by atoms with van der Waals surface area (Å²) in [6.07, 6.45) is 3.25. The van der Waals surface area contributed by atoms with Gasteiger partial charge in [0.2, 0.25) is 0 Å². The van der Waals surface area contributed by atoms with Crippen LogP contribution >= 0.6 is 0 Å². The van der Waals surface area contributed by atoms with Crippen LogP contribution in [0.1, 0.15) is 12.0 Å². The van der Waals surface area contributed by atoms with E-state index in [-0.39, 0.29) is 5.91 Å². The molecule has 1 heterocycles. The van der Waals surface area contributed by atoms with Crippen molar-refractivity contribution < 1.29 is 14.8 Å². The number of urea groups is 1. The number of carbonyl (C=O) groups is 2. The Hall–Kier alpha value is -2.63. The van der Waals surface area contributed by atoms with E-state index in [0.717, 1.165) is 4.90 Å². The maximum Gasteiger partial charge on any atom is 0.329 e. The van der Waals surface area contributed by atoms with Gasteiger partial charge in [0.25, 0.3) is 5.91 Å². The number of imide groups is 1. The molecule has 0 saturated carbocycles. The molecular weight excluding hydrogens is 246 g/mol. The second-order valence-electron chi connectivity index (χ2n) is 4.04. The maximum atomic E-state index is 12.0. The smallest absolute Gasteiger partial charge is 0.329 e. The number of carbonyl (C=O) groups excluding carboxylic acids is 2. The Morgan fingerprint density at radius 2 is 2.05 bits per heavy atom. The molecule has 3 amide bonds. The summed E-state index contributed by atoms with van der Waals surface area (Å²) in [6.45, 7) is 3.55. The maximum absolute atomic E-state index is 12.0. The summed E-state index contributed by atoms with van der Waals surface area (Å²) in [5.74, 6) is -0.298. The molecule has 6 heteroatoms. The van der Waals surface area contributed by atoms with Gasteiger partial charge in [-0.05, 0) is 24.1 Å². The van der Waals surface area contributed by atoms with E-state index >= 15 is 0 Å². The largest absolute Gasteiger partial charge is 0.411 e. The molecule has 0 spiro atoms. The number of oxime groups is 1. The second-order valence-corrected chi connectivity index (χ2v) is 4.04. The van der Waals surface area contributed by atoms with Crippen LogP contribution in [-0.4, -0.2) is 29.4 Å². The zero-order chi connectivity index (χ0) is 13.8. The van der Waals surface area contributed by atoms with Gasteiger partial charge in [-0.2, -0.15) is 0 Å². The zero-order valence-corrected chi connectivity index (χ0v) is 10.1. The molecular formula is C13H13N3O3. The SMILES string of the molecule is C=CCC1NC(=O)N(c2ccc(C=NO)cc2)C1=O. The number of hydrogen-bond donors (Lipinski definition) is 2. The molecule has 1 unspecified atom stereocenters. The second kappa shape index (κ2) is 5.34. The van der Waals surface area contributed by atoms with Crippen LogP contribution < -0.4 is 10.2 Å². The van der Waals surface area contributed by atoms with Crippen molar-refractivity contribution in [2.75, 3.05) is 4.90 Å². The molecule has 98 valence electrons. The summed E-state index contributed by atoms with van der Waals surface area (Å²) in [7, 11) is 0. The number of rotatable bonds is 4. The molecule has 6 nitrogen and oxygen atoms in total. The first-order chi connectivity index (χ1) is 9.17. The minimum Gasteiger partial charge on any atom is -0.411 e. The Bertz CT molecular complexity index is 537. The van der Waals surface area contributed by atoms with E-state index in [0.29, 0.717) is 17.7 Å². The van der Waals surface area contributed by atoms with Crippen LogP contribution in [0.25, 0.3) is 0 Å². The molecule has 1 fully saturated rings. The number of anilines is 1. The van der Waals surface area contributed by atoms with E-state index in [1.165, 1.54) is 6.21 Å². The van der Waals surface area contributed by atoms with E-state index in [4.69, 9.17) is 5.21 Å². The predicted octanol–water partition coefficient (Wildman–Crippen LogP) is 1.50. The fourth-order valence-corrected chi connectivity index (χ4v) is 1.88. The Balaban J connectivity index is 2.23. The van der Waals surface area contributed by atoms with Gasteiger partial charge in [-0.15, -0.1) is 6.58 Å². The first-order valence-electron chi connectivity index (χ1n) is 5.70. The van der Waals surface area contributed by atoms with Gasteiger partial charge in [-0.3, -0.25) is 4.79 Å². The quantitative estimate of drug-likeness (QED) is 0.282. The lowest BCUT2D eigenvalue weighted by molar-refractivity contribution is -0.118. The lowest BCUT2D eigenvalue weighted by Gasteiger charge is -2.12. The molecule has 0 radical (unpaired) electrons.